The van der Waals surface area contributed by atoms with E-state index in [1.807, 2.05) is 4.90 Å². The number of carbonyl (C=O) groups excluding carboxylic acids is 1. The number of methoxy groups -OCH3 is 1. The van der Waals surface area contributed by atoms with E-state index in [-0.39, 0.29) is 30.4 Å². The second-order valence-electron chi connectivity index (χ2n) is 4.92. The molecule has 3 unspecified atom stereocenters. The fourth-order valence-electron chi connectivity index (χ4n) is 3.31. The molecule has 5 heteroatoms. The van der Waals surface area contributed by atoms with E-state index in [0.717, 1.165) is 19.3 Å². The third-order valence-electron chi connectivity index (χ3n) is 4.04. The van der Waals surface area contributed by atoms with Crippen LogP contribution in [-0.2, 0) is 14.3 Å². The number of aliphatic carboxylic acids is 1. The zero-order valence-corrected chi connectivity index (χ0v) is 10.1. The summed E-state index contributed by atoms with van der Waals surface area (Å²) in [4.78, 5) is 24.9. The highest BCUT2D eigenvalue weighted by atomic mass is 16.5. The summed E-state index contributed by atoms with van der Waals surface area (Å²) < 4.78 is 4.87. The van der Waals surface area contributed by atoms with Crippen LogP contribution in [0.1, 0.15) is 25.7 Å². The van der Waals surface area contributed by atoms with Crippen molar-refractivity contribution in [2.45, 2.75) is 31.7 Å². The summed E-state index contributed by atoms with van der Waals surface area (Å²) in [6, 6.07) is 0.118. The molecule has 1 N–H and O–H groups in total. The number of hydrogen-bond acceptors (Lipinski definition) is 3. The van der Waals surface area contributed by atoms with Gasteiger partial charge in [-0.2, -0.15) is 0 Å². The highest BCUT2D eigenvalue weighted by molar-refractivity contribution is 5.78. The molecule has 2 aliphatic rings. The van der Waals surface area contributed by atoms with Crippen LogP contribution in [0.25, 0.3) is 0 Å². The largest absolute Gasteiger partial charge is 0.481 e. The standard InChI is InChI=1S/C12H19NO4/c1-17-7-11(14)13-6-5-9(12(15)16)8-3-2-4-10(8)13/h8-10H,2-7H2,1H3,(H,15,16). The van der Waals surface area contributed by atoms with Gasteiger partial charge in [0, 0.05) is 19.7 Å². The van der Waals surface area contributed by atoms with Crippen LogP contribution in [0, 0.1) is 11.8 Å². The molecule has 0 spiro atoms. The smallest absolute Gasteiger partial charge is 0.306 e. The quantitative estimate of drug-likeness (QED) is 0.791. The Morgan fingerprint density at radius 1 is 1.35 bits per heavy atom. The lowest BCUT2D eigenvalue weighted by Crippen LogP contribution is -2.52. The highest BCUT2D eigenvalue weighted by Crippen LogP contribution is 2.40. The molecule has 2 fully saturated rings. The van der Waals surface area contributed by atoms with Gasteiger partial charge in [-0.25, -0.2) is 0 Å². The van der Waals surface area contributed by atoms with Crippen molar-refractivity contribution in [1.82, 2.24) is 4.90 Å². The molecule has 1 saturated carbocycles. The van der Waals surface area contributed by atoms with Gasteiger partial charge in [0.15, 0.2) is 0 Å². The normalized spacial score (nSPS) is 32.3. The Morgan fingerprint density at radius 2 is 2.12 bits per heavy atom. The van der Waals surface area contributed by atoms with Gasteiger partial charge in [0.25, 0.3) is 0 Å². The number of ether oxygens (including phenoxy) is 1. The highest BCUT2D eigenvalue weighted by Gasteiger charge is 2.45. The van der Waals surface area contributed by atoms with Crippen molar-refractivity contribution in [2.24, 2.45) is 11.8 Å². The first-order valence-corrected chi connectivity index (χ1v) is 6.16. The predicted molar refractivity (Wildman–Crippen MR) is 60.5 cm³/mol. The van der Waals surface area contributed by atoms with Gasteiger partial charge in [-0.15, -0.1) is 0 Å². The molecular weight excluding hydrogens is 222 g/mol. The van der Waals surface area contributed by atoms with Crippen LogP contribution in [-0.4, -0.2) is 48.2 Å². The fraction of sp³-hybridized carbons (Fsp3) is 0.833. The average Bonchev–Trinajstić information content (AvgIpc) is 2.76. The summed E-state index contributed by atoms with van der Waals surface area (Å²) in [5, 5.41) is 9.19. The predicted octanol–water partition coefficient (Wildman–Crippen LogP) is 0.735. The molecule has 1 amide bonds. The van der Waals surface area contributed by atoms with E-state index < -0.39 is 5.97 Å². The number of carbonyl (C=O) groups is 2. The second-order valence-corrected chi connectivity index (χ2v) is 4.92. The molecule has 0 bridgehead atoms. The Hall–Kier alpha value is -1.10. The number of hydrogen-bond donors (Lipinski definition) is 1. The van der Waals surface area contributed by atoms with Crippen LogP contribution in [0.3, 0.4) is 0 Å². The third-order valence-corrected chi connectivity index (χ3v) is 4.04. The molecule has 1 aliphatic carbocycles. The SMILES string of the molecule is COCC(=O)N1CCC(C(=O)O)C2CCCC21. The van der Waals surface area contributed by atoms with Crippen molar-refractivity contribution in [3.63, 3.8) is 0 Å². The van der Waals surface area contributed by atoms with Gasteiger partial charge < -0.3 is 14.7 Å². The van der Waals surface area contributed by atoms with Crippen molar-refractivity contribution in [3.8, 4) is 0 Å². The summed E-state index contributed by atoms with van der Waals surface area (Å²) >= 11 is 0. The monoisotopic (exact) mass is 241 g/mol. The molecule has 1 saturated heterocycles. The maximum Gasteiger partial charge on any atom is 0.306 e. The minimum Gasteiger partial charge on any atom is -0.481 e. The number of nitrogens with zero attached hydrogens (tertiary/aromatic N) is 1. The van der Waals surface area contributed by atoms with Crippen molar-refractivity contribution in [3.05, 3.63) is 0 Å². The first-order chi connectivity index (χ1) is 8.15. The third kappa shape index (κ3) is 2.29. The van der Waals surface area contributed by atoms with Crippen molar-refractivity contribution >= 4 is 11.9 Å². The Kier molecular flexibility index (Phi) is 3.66. The first-order valence-electron chi connectivity index (χ1n) is 6.16. The van der Waals surface area contributed by atoms with Crippen LogP contribution < -0.4 is 0 Å². The van der Waals surface area contributed by atoms with E-state index in [0.29, 0.717) is 13.0 Å². The molecule has 0 radical (unpaired) electrons. The Bertz CT molecular complexity index is 318. The summed E-state index contributed by atoms with van der Waals surface area (Å²) in [6.45, 7) is 0.654. The molecule has 96 valence electrons. The second kappa shape index (κ2) is 5.04. The molecule has 1 aliphatic heterocycles. The van der Waals surface area contributed by atoms with Crippen molar-refractivity contribution < 1.29 is 19.4 Å². The van der Waals surface area contributed by atoms with E-state index in [1.165, 1.54) is 7.11 Å². The maximum absolute atomic E-state index is 11.9. The van der Waals surface area contributed by atoms with Gasteiger partial charge >= 0.3 is 5.97 Å². The number of fused-ring (bicyclic) bond motifs is 1. The molecule has 0 aromatic carbocycles. The average molecular weight is 241 g/mol. The van der Waals surface area contributed by atoms with E-state index in [4.69, 9.17) is 4.74 Å². The minimum atomic E-state index is -0.708. The van der Waals surface area contributed by atoms with Gasteiger partial charge in [0.1, 0.15) is 6.61 Å². The summed E-state index contributed by atoms with van der Waals surface area (Å²) in [7, 11) is 1.51. The summed E-state index contributed by atoms with van der Waals surface area (Å²) in [5.41, 5.74) is 0. The van der Waals surface area contributed by atoms with Gasteiger partial charge in [-0.3, -0.25) is 9.59 Å². The van der Waals surface area contributed by atoms with Crippen LogP contribution >= 0.6 is 0 Å². The number of carboxylic acid groups (broad SMARTS) is 1. The Balaban J connectivity index is 2.09. The number of likely N-dealkylation sites (tertiary alicyclic amines) is 1. The number of rotatable bonds is 3. The molecule has 0 aromatic rings. The van der Waals surface area contributed by atoms with E-state index in [9.17, 15) is 14.7 Å². The lowest BCUT2D eigenvalue weighted by molar-refractivity contribution is -0.152. The van der Waals surface area contributed by atoms with Gasteiger partial charge in [0.2, 0.25) is 5.91 Å². The van der Waals surface area contributed by atoms with Crippen molar-refractivity contribution in [2.75, 3.05) is 20.3 Å². The lowest BCUT2D eigenvalue weighted by Gasteiger charge is -2.40. The minimum absolute atomic E-state index is 0.00626. The van der Waals surface area contributed by atoms with E-state index in [1.54, 1.807) is 0 Å². The molecule has 0 aromatic heterocycles. The number of piperidine rings is 1. The summed E-state index contributed by atoms with van der Waals surface area (Å²) in [6.07, 6.45) is 3.46. The van der Waals surface area contributed by atoms with Crippen LogP contribution in [0.5, 0.6) is 0 Å². The molecule has 5 nitrogen and oxygen atoms in total. The van der Waals surface area contributed by atoms with Crippen molar-refractivity contribution in [1.29, 1.82) is 0 Å². The summed E-state index contributed by atoms with van der Waals surface area (Å²) in [5.74, 6) is -0.842. The van der Waals surface area contributed by atoms with E-state index in [2.05, 4.69) is 0 Å². The Morgan fingerprint density at radius 3 is 2.76 bits per heavy atom. The number of amides is 1. The van der Waals surface area contributed by atoms with Gasteiger partial charge in [0.05, 0.1) is 5.92 Å². The van der Waals surface area contributed by atoms with Crippen LogP contribution in [0.2, 0.25) is 0 Å². The zero-order valence-electron chi connectivity index (χ0n) is 10.1. The molecule has 3 atom stereocenters. The number of carboxylic acids is 1. The molecule has 1 heterocycles. The first kappa shape index (κ1) is 12.4. The van der Waals surface area contributed by atoms with E-state index >= 15 is 0 Å². The fourth-order valence-corrected chi connectivity index (χ4v) is 3.31. The van der Waals surface area contributed by atoms with Crippen LogP contribution in [0.15, 0.2) is 0 Å². The van der Waals surface area contributed by atoms with Crippen LogP contribution in [0.4, 0.5) is 0 Å². The maximum atomic E-state index is 11.9. The topological polar surface area (TPSA) is 66.8 Å². The van der Waals surface area contributed by atoms with Gasteiger partial charge in [-0.05, 0) is 25.2 Å². The molecule has 17 heavy (non-hydrogen) atoms. The lowest BCUT2D eigenvalue weighted by atomic mass is 9.81. The molecule has 2 rings (SSSR count). The molecular formula is C12H19NO4. The zero-order chi connectivity index (χ0) is 12.4. The van der Waals surface area contributed by atoms with Gasteiger partial charge in [-0.1, -0.05) is 6.42 Å². The Labute approximate surface area is 101 Å².